The van der Waals surface area contributed by atoms with Gasteiger partial charge in [-0.1, -0.05) is 11.6 Å². The number of carbonyl (C=O) groups is 1. The van der Waals surface area contributed by atoms with Crippen molar-refractivity contribution in [2.75, 3.05) is 13.2 Å². The van der Waals surface area contributed by atoms with Gasteiger partial charge in [0.25, 0.3) is 0 Å². The Kier molecular flexibility index (Phi) is 3.21. The molecule has 1 aliphatic heterocycles. The van der Waals surface area contributed by atoms with Crippen molar-refractivity contribution in [3.05, 3.63) is 28.7 Å². The number of aromatic carboxylic acids is 1. The third-order valence-electron chi connectivity index (χ3n) is 3.09. The first kappa shape index (κ1) is 13.7. The summed E-state index contributed by atoms with van der Waals surface area (Å²) in [5, 5.41) is 12.6. The maximum absolute atomic E-state index is 14.4. The van der Waals surface area contributed by atoms with Crippen molar-refractivity contribution >= 4 is 17.6 Å². The molecule has 0 amide bonds. The van der Waals surface area contributed by atoms with Crippen LogP contribution in [0.4, 0.5) is 4.39 Å². The van der Waals surface area contributed by atoms with Gasteiger partial charge in [0.05, 0.1) is 5.69 Å². The van der Waals surface area contributed by atoms with E-state index in [0.29, 0.717) is 19.0 Å². The molecular formula is C13H10ClFN2O4. The van der Waals surface area contributed by atoms with Crippen LogP contribution in [-0.4, -0.2) is 34.1 Å². The molecule has 0 unspecified atom stereocenters. The topological polar surface area (TPSA) is 73.6 Å². The number of aromatic nitrogens is 2. The minimum atomic E-state index is -1.19. The summed E-state index contributed by atoms with van der Waals surface area (Å²) >= 11 is 5.96. The van der Waals surface area contributed by atoms with Crippen LogP contribution in [0.15, 0.2) is 12.1 Å². The summed E-state index contributed by atoms with van der Waals surface area (Å²) < 4.78 is 26.4. The zero-order valence-corrected chi connectivity index (χ0v) is 11.6. The lowest BCUT2D eigenvalue weighted by molar-refractivity contribution is 0.0689. The summed E-state index contributed by atoms with van der Waals surface area (Å²) in [7, 11) is 1.52. The normalized spacial score (nSPS) is 13.3. The van der Waals surface area contributed by atoms with Crippen molar-refractivity contribution in [3.8, 4) is 22.8 Å². The minimum Gasteiger partial charge on any atom is -0.486 e. The first-order valence-electron chi connectivity index (χ1n) is 6.04. The number of hydrogen-bond donors (Lipinski definition) is 1. The fourth-order valence-corrected chi connectivity index (χ4v) is 2.38. The van der Waals surface area contributed by atoms with Crippen LogP contribution in [0.2, 0.25) is 5.02 Å². The molecule has 6 nitrogen and oxygen atoms in total. The van der Waals surface area contributed by atoms with Crippen molar-refractivity contribution in [3.63, 3.8) is 0 Å². The number of fused-ring (bicyclic) bond motifs is 1. The lowest BCUT2D eigenvalue weighted by atomic mass is 10.1. The van der Waals surface area contributed by atoms with E-state index in [9.17, 15) is 9.18 Å². The molecule has 1 aliphatic rings. The first-order valence-corrected chi connectivity index (χ1v) is 6.42. The summed E-state index contributed by atoms with van der Waals surface area (Å²) in [4.78, 5) is 10.9. The molecule has 0 spiro atoms. The van der Waals surface area contributed by atoms with Gasteiger partial charge >= 0.3 is 5.97 Å². The average Bonchev–Trinajstić information content (AvgIpc) is 2.85. The SMILES string of the molecule is Cn1nc(C(=O)O)cc1-c1cc2c(c(Cl)c1F)OCCO2. The summed E-state index contributed by atoms with van der Waals surface area (Å²) in [6.45, 7) is 0.626. The van der Waals surface area contributed by atoms with E-state index in [1.54, 1.807) is 0 Å². The Labute approximate surface area is 123 Å². The van der Waals surface area contributed by atoms with Gasteiger partial charge in [-0.2, -0.15) is 5.10 Å². The standard InChI is InChI=1S/C13H10ClFN2O4/c1-17-8(5-7(16-17)13(18)19)6-4-9-12(10(14)11(6)15)21-3-2-20-9/h4-5H,2-3H2,1H3,(H,18,19). The lowest BCUT2D eigenvalue weighted by Gasteiger charge is -2.21. The van der Waals surface area contributed by atoms with Crippen LogP contribution in [0.25, 0.3) is 11.3 Å². The number of carboxylic acid groups (broad SMARTS) is 1. The molecule has 1 N–H and O–H groups in total. The third-order valence-corrected chi connectivity index (χ3v) is 3.43. The van der Waals surface area contributed by atoms with E-state index in [2.05, 4.69) is 5.10 Å². The van der Waals surface area contributed by atoms with Crippen LogP contribution in [0, 0.1) is 5.82 Å². The Morgan fingerprint density at radius 1 is 1.43 bits per heavy atom. The Hall–Kier alpha value is -2.28. The van der Waals surface area contributed by atoms with E-state index < -0.39 is 11.8 Å². The van der Waals surface area contributed by atoms with E-state index in [4.69, 9.17) is 26.2 Å². The summed E-state index contributed by atoms with van der Waals surface area (Å²) in [5.41, 5.74) is 0.202. The maximum atomic E-state index is 14.4. The van der Waals surface area contributed by atoms with Crippen LogP contribution in [-0.2, 0) is 7.05 Å². The van der Waals surface area contributed by atoms with E-state index in [1.165, 1.54) is 23.9 Å². The van der Waals surface area contributed by atoms with Gasteiger partial charge in [-0.05, 0) is 12.1 Å². The van der Waals surface area contributed by atoms with Gasteiger partial charge in [-0.3, -0.25) is 4.68 Å². The van der Waals surface area contributed by atoms with E-state index in [1.807, 2.05) is 0 Å². The molecule has 0 saturated carbocycles. The zero-order valence-electron chi connectivity index (χ0n) is 10.9. The number of aryl methyl sites for hydroxylation is 1. The molecular weight excluding hydrogens is 303 g/mol. The van der Waals surface area contributed by atoms with Crippen LogP contribution in [0.3, 0.4) is 0 Å². The molecule has 2 heterocycles. The number of nitrogens with zero attached hydrogens (tertiary/aromatic N) is 2. The molecule has 1 aromatic carbocycles. The van der Waals surface area contributed by atoms with Gasteiger partial charge in [-0.25, -0.2) is 9.18 Å². The highest BCUT2D eigenvalue weighted by Gasteiger charge is 2.25. The van der Waals surface area contributed by atoms with Gasteiger partial charge in [0.2, 0.25) is 0 Å². The molecule has 8 heteroatoms. The summed E-state index contributed by atoms with van der Waals surface area (Å²) in [6.07, 6.45) is 0. The number of carboxylic acids is 1. The number of hydrogen-bond acceptors (Lipinski definition) is 4. The van der Waals surface area contributed by atoms with Gasteiger partial charge in [0.15, 0.2) is 23.0 Å². The van der Waals surface area contributed by atoms with E-state index >= 15 is 0 Å². The summed E-state index contributed by atoms with van der Waals surface area (Å²) in [6, 6.07) is 2.70. The van der Waals surface area contributed by atoms with Crippen molar-refractivity contribution < 1.29 is 23.8 Å². The fourth-order valence-electron chi connectivity index (χ4n) is 2.13. The molecule has 0 bridgehead atoms. The van der Waals surface area contributed by atoms with E-state index in [-0.39, 0.29) is 27.7 Å². The van der Waals surface area contributed by atoms with Gasteiger partial charge in [0.1, 0.15) is 18.2 Å². The molecule has 0 atom stereocenters. The van der Waals surface area contributed by atoms with Crippen LogP contribution >= 0.6 is 11.6 Å². The first-order chi connectivity index (χ1) is 9.99. The smallest absolute Gasteiger partial charge is 0.356 e. The number of ether oxygens (including phenoxy) is 2. The van der Waals surface area contributed by atoms with Crippen LogP contribution < -0.4 is 9.47 Å². The second kappa shape index (κ2) is 4.92. The second-order valence-electron chi connectivity index (χ2n) is 4.42. The molecule has 21 heavy (non-hydrogen) atoms. The number of halogens is 2. The largest absolute Gasteiger partial charge is 0.486 e. The Morgan fingerprint density at radius 2 is 2.14 bits per heavy atom. The van der Waals surface area contributed by atoms with Crippen molar-refractivity contribution in [1.82, 2.24) is 9.78 Å². The zero-order chi connectivity index (χ0) is 15.1. The van der Waals surface area contributed by atoms with Crippen LogP contribution in [0.5, 0.6) is 11.5 Å². The van der Waals surface area contributed by atoms with Crippen molar-refractivity contribution in [1.29, 1.82) is 0 Å². The summed E-state index contributed by atoms with van der Waals surface area (Å²) in [5.74, 6) is -1.42. The van der Waals surface area contributed by atoms with Crippen molar-refractivity contribution in [2.45, 2.75) is 0 Å². The Balaban J connectivity index is 2.19. The Morgan fingerprint density at radius 3 is 2.81 bits per heavy atom. The van der Waals surface area contributed by atoms with E-state index in [0.717, 1.165) is 0 Å². The molecule has 3 rings (SSSR count). The van der Waals surface area contributed by atoms with Crippen LogP contribution in [0.1, 0.15) is 10.5 Å². The molecule has 0 saturated heterocycles. The molecule has 2 aromatic rings. The highest BCUT2D eigenvalue weighted by Crippen LogP contribution is 2.43. The Bertz CT molecular complexity index is 744. The highest BCUT2D eigenvalue weighted by atomic mass is 35.5. The second-order valence-corrected chi connectivity index (χ2v) is 4.80. The fraction of sp³-hybridized carbons (Fsp3) is 0.231. The molecule has 1 aromatic heterocycles. The quantitative estimate of drug-likeness (QED) is 0.921. The van der Waals surface area contributed by atoms with Gasteiger partial charge < -0.3 is 14.6 Å². The van der Waals surface area contributed by atoms with Crippen molar-refractivity contribution in [2.24, 2.45) is 7.05 Å². The van der Waals surface area contributed by atoms with Gasteiger partial charge in [0, 0.05) is 12.6 Å². The number of rotatable bonds is 2. The third kappa shape index (κ3) is 2.19. The molecule has 110 valence electrons. The lowest BCUT2D eigenvalue weighted by Crippen LogP contribution is -2.16. The monoisotopic (exact) mass is 312 g/mol. The van der Waals surface area contributed by atoms with Gasteiger partial charge in [-0.15, -0.1) is 0 Å². The predicted octanol–water partition coefficient (Wildman–Crippen LogP) is 2.35. The highest BCUT2D eigenvalue weighted by molar-refractivity contribution is 6.32. The number of benzene rings is 1. The molecule has 0 aliphatic carbocycles. The minimum absolute atomic E-state index is 0.103. The maximum Gasteiger partial charge on any atom is 0.356 e. The molecule has 0 radical (unpaired) electrons. The average molecular weight is 313 g/mol. The predicted molar refractivity (Wildman–Crippen MR) is 71.6 cm³/mol. The molecule has 0 fully saturated rings.